The van der Waals surface area contributed by atoms with Crippen LogP contribution in [0, 0.1) is 0 Å². The first-order chi connectivity index (χ1) is 11.8. The average Bonchev–Trinajstić information content (AvgIpc) is 2.64. The number of pyridine rings is 1. The van der Waals surface area contributed by atoms with Gasteiger partial charge in [-0.2, -0.15) is 0 Å². The second kappa shape index (κ2) is 8.47. The molecule has 0 radical (unpaired) electrons. The van der Waals surface area contributed by atoms with Crippen LogP contribution < -0.4 is 4.90 Å². The van der Waals surface area contributed by atoms with E-state index in [2.05, 4.69) is 32.7 Å². The van der Waals surface area contributed by atoms with E-state index >= 15 is 0 Å². The number of carbonyl (C=O) groups is 1. The lowest BCUT2D eigenvalue weighted by Crippen LogP contribution is -2.52. The Bertz CT molecular complexity index is 507. The van der Waals surface area contributed by atoms with Crippen LogP contribution in [0.15, 0.2) is 24.4 Å². The first kappa shape index (κ1) is 17.2. The van der Waals surface area contributed by atoms with Crippen molar-refractivity contribution >= 4 is 11.7 Å². The van der Waals surface area contributed by atoms with E-state index in [0.717, 1.165) is 38.5 Å². The first-order valence-electron chi connectivity index (χ1n) is 9.45. The van der Waals surface area contributed by atoms with E-state index in [1.807, 2.05) is 18.3 Å². The van der Waals surface area contributed by atoms with Crippen LogP contribution in [0.4, 0.5) is 5.82 Å². The third-order valence-electron chi connectivity index (χ3n) is 5.38. The first-order valence-corrected chi connectivity index (χ1v) is 9.45. The lowest BCUT2D eigenvalue weighted by Gasteiger charge is -2.38. The maximum atomic E-state index is 12.8. The molecule has 1 amide bonds. The number of amides is 1. The topological polar surface area (TPSA) is 39.7 Å². The van der Waals surface area contributed by atoms with Crippen molar-refractivity contribution in [3.8, 4) is 0 Å². The molecular weight excluding hydrogens is 300 g/mol. The lowest BCUT2D eigenvalue weighted by atomic mass is 9.94. The van der Waals surface area contributed by atoms with E-state index in [0.29, 0.717) is 18.5 Å². The van der Waals surface area contributed by atoms with Crippen LogP contribution in [0.5, 0.6) is 0 Å². The Morgan fingerprint density at radius 1 is 1.17 bits per heavy atom. The van der Waals surface area contributed by atoms with Crippen LogP contribution in [0.2, 0.25) is 0 Å². The Morgan fingerprint density at radius 3 is 2.54 bits per heavy atom. The zero-order valence-corrected chi connectivity index (χ0v) is 14.9. The smallest absolute Gasteiger partial charge is 0.236 e. The highest BCUT2D eigenvalue weighted by atomic mass is 16.2. The number of anilines is 1. The number of nitrogens with zero attached hydrogens (tertiary/aromatic N) is 4. The molecule has 0 unspecified atom stereocenters. The Hall–Kier alpha value is -1.62. The van der Waals surface area contributed by atoms with Gasteiger partial charge < -0.3 is 9.80 Å². The summed E-state index contributed by atoms with van der Waals surface area (Å²) in [5.74, 6) is 1.36. The molecule has 2 aliphatic rings. The van der Waals surface area contributed by atoms with Crippen LogP contribution in [-0.2, 0) is 4.79 Å². The molecule has 0 spiro atoms. The lowest BCUT2D eigenvalue weighted by molar-refractivity contribution is -0.135. The molecule has 24 heavy (non-hydrogen) atoms. The summed E-state index contributed by atoms with van der Waals surface area (Å²) in [5, 5.41) is 0. The fraction of sp³-hybridized carbons (Fsp3) is 0.684. The molecule has 1 aromatic heterocycles. The summed E-state index contributed by atoms with van der Waals surface area (Å²) in [6.07, 6.45) is 8.10. The van der Waals surface area contributed by atoms with Gasteiger partial charge in [0.05, 0.1) is 6.54 Å². The van der Waals surface area contributed by atoms with Gasteiger partial charge in [-0.15, -0.1) is 0 Å². The minimum Gasteiger partial charge on any atom is -0.354 e. The highest BCUT2D eigenvalue weighted by molar-refractivity contribution is 5.78. The van der Waals surface area contributed by atoms with Gasteiger partial charge in [0.15, 0.2) is 0 Å². The monoisotopic (exact) mass is 330 g/mol. The average molecular weight is 330 g/mol. The summed E-state index contributed by atoms with van der Waals surface area (Å²) in [6.45, 7) is 7.29. The molecule has 1 saturated carbocycles. The summed E-state index contributed by atoms with van der Waals surface area (Å²) in [4.78, 5) is 23.9. The van der Waals surface area contributed by atoms with Gasteiger partial charge >= 0.3 is 0 Å². The van der Waals surface area contributed by atoms with Gasteiger partial charge in [0, 0.05) is 45.0 Å². The molecule has 5 nitrogen and oxygen atoms in total. The normalized spacial score (nSPS) is 20.1. The van der Waals surface area contributed by atoms with Crippen LogP contribution in [0.25, 0.3) is 0 Å². The van der Waals surface area contributed by atoms with Gasteiger partial charge in [-0.25, -0.2) is 4.98 Å². The summed E-state index contributed by atoms with van der Waals surface area (Å²) >= 11 is 0. The Kier molecular flexibility index (Phi) is 6.07. The van der Waals surface area contributed by atoms with Crippen molar-refractivity contribution in [1.82, 2.24) is 14.8 Å². The van der Waals surface area contributed by atoms with Crippen molar-refractivity contribution in [2.75, 3.05) is 44.2 Å². The minimum absolute atomic E-state index is 0.315. The van der Waals surface area contributed by atoms with E-state index in [-0.39, 0.29) is 0 Å². The second-order valence-corrected chi connectivity index (χ2v) is 6.92. The zero-order valence-electron chi connectivity index (χ0n) is 14.9. The Labute approximate surface area is 145 Å². The fourth-order valence-corrected chi connectivity index (χ4v) is 3.99. The molecule has 1 saturated heterocycles. The van der Waals surface area contributed by atoms with E-state index in [9.17, 15) is 4.79 Å². The van der Waals surface area contributed by atoms with Gasteiger partial charge in [0.25, 0.3) is 0 Å². The van der Waals surface area contributed by atoms with Crippen molar-refractivity contribution in [2.24, 2.45) is 0 Å². The van der Waals surface area contributed by atoms with Gasteiger partial charge in [-0.1, -0.05) is 25.3 Å². The quantitative estimate of drug-likeness (QED) is 0.831. The van der Waals surface area contributed by atoms with Crippen molar-refractivity contribution in [2.45, 2.75) is 45.1 Å². The van der Waals surface area contributed by atoms with Crippen molar-refractivity contribution < 1.29 is 4.79 Å². The van der Waals surface area contributed by atoms with Crippen molar-refractivity contribution in [3.05, 3.63) is 24.4 Å². The molecule has 2 heterocycles. The maximum absolute atomic E-state index is 12.8. The molecule has 132 valence electrons. The third kappa shape index (κ3) is 4.26. The Morgan fingerprint density at radius 2 is 1.92 bits per heavy atom. The molecular formula is C19H30N4O. The van der Waals surface area contributed by atoms with E-state index < -0.39 is 0 Å². The molecule has 0 aromatic carbocycles. The SMILES string of the molecule is CCN(C(=O)CN1CCN(c2ccccn2)CC1)C1CCCCC1. The highest BCUT2D eigenvalue weighted by Gasteiger charge is 2.26. The molecule has 1 aliphatic carbocycles. The number of hydrogen-bond donors (Lipinski definition) is 0. The molecule has 1 aromatic rings. The molecule has 1 aliphatic heterocycles. The third-order valence-corrected chi connectivity index (χ3v) is 5.38. The van der Waals surface area contributed by atoms with Crippen LogP contribution >= 0.6 is 0 Å². The molecule has 0 N–H and O–H groups in total. The number of likely N-dealkylation sites (N-methyl/N-ethyl adjacent to an activating group) is 1. The molecule has 0 atom stereocenters. The Balaban J connectivity index is 1.48. The van der Waals surface area contributed by atoms with Gasteiger partial charge in [-0.3, -0.25) is 9.69 Å². The van der Waals surface area contributed by atoms with Crippen molar-refractivity contribution in [3.63, 3.8) is 0 Å². The number of piperazine rings is 1. The van der Waals surface area contributed by atoms with Gasteiger partial charge in [0.2, 0.25) is 5.91 Å². The number of carbonyl (C=O) groups excluding carboxylic acids is 1. The van der Waals surface area contributed by atoms with E-state index in [4.69, 9.17) is 0 Å². The van der Waals surface area contributed by atoms with Gasteiger partial charge in [-0.05, 0) is 31.9 Å². The standard InChI is InChI=1S/C19H30N4O/c1-2-23(17-8-4-3-5-9-17)19(24)16-21-12-14-22(15-13-21)18-10-6-7-11-20-18/h6-7,10-11,17H,2-5,8-9,12-16H2,1H3. The number of hydrogen-bond acceptors (Lipinski definition) is 4. The minimum atomic E-state index is 0.315. The largest absolute Gasteiger partial charge is 0.354 e. The highest BCUT2D eigenvalue weighted by Crippen LogP contribution is 2.23. The molecule has 2 fully saturated rings. The van der Waals surface area contributed by atoms with Gasteiger partial charge in [0.1, 0.15) is 5.82 Å². The van der Waals surface area contributed by atoms with Crippen LogP contribution in [0.3, 0.4) is 0 Å². The van der Waals surface area contributed by atoms with Crippen LogP contribution in [-0.4, -0.2) is 66.0 Å². The predicted molar refractivity (Wildman–Crippen MR) is 97.2 cm³/mol. The summed E-state index contributed by atoms with van der Waals surface area (Å²) in [7, 11) is 0. The molecule has 0 bridgehead atoms. The predicted octanol–water partition coefficient (Wildman–Crippen LogP) is 2.38. The maximum Gasteiger partial charge on any atom is 0.236 e. The van der Waals surface area contributed by atoms with E-state index in [1.165, 1.54) is 32.1 Å². The molecule has 3 rings (SSSR count). The second-order valence-electron chi connectivity index (χ2n) is 6.92. The van der Waals surface area contributed by atoms with Crippen LogP contribution in [0.1, 0.15) is 39.0 Å². The fourth-order valence-electron chi connectivity index (χ4n) is 3.99. The summed E-state index contributed by atoms with van der Waals surface area (Å²) < 4.78 is 0. The number of aromatic nitrogens is 1. The van der Waals surface area contributed by atoms with Crippen molar-refractivity contribution in [1.29, 1.82) is 0 Å². The van der Waals surface area contributed by atoms with E-state index in [1.54, 1.807) is 0 Å². The summed E-state index contributed by atoms with van der Waals surface area (Å²) in [5.41, 5.74) is 0. The molecule has 5 heteroatoms. The summed E-state index contributed by atoms with van der Waals surface area (Å²) in [6, 6.07) is 6.51. The number of rotatable bonds is 5. The zero-order chi connectivity index (χ0) is 16.8.